The van der Waals surface area contributed by atoms with E-state index in [4.69, 9.17) is 6.42 Å². The van der Waals surface area contributed by atoms with Gasteiger partial charge in [-0.25, -0.2) is 0 Å². The summed E-state index contributed by atoms with van der Waals surface area (Å²) in [6, 6.07) is 0.212. The van der Waals surface area contributed by atoms with Gasteiger partial charge in [-0.3, -0.25) is 0 Å². The van der Waals surface area contributed by atoms with Crippen molar-refractivity contribution in [2.24, 2.45) is 0 Å². The van der Waals surface area contributed by atoms with Gasteiger partial charge in [-0.2, -0.15) is 11.8 Å². The van der Waals surface area contributed by atoms with E-state index >= 15 is 0 Å². The molecule has 11 heavy (non-hydrogen) atoms. The summed E-state index contributed by atoms with van der Waals surface area (Å²) in [4.78, 5) is 0. The van der Waals surface area contributed by atoms with E-state index < -0.39 is 0 Å². The lowest BCUT2D eigenvalue weighted by Crippen LogP contribution is -2.26. The minimum Gasteiger partial charge on any atom is -0.304 e. The third kappa shape index (κ3) is 6.28. The number of hydrogen-bond acceptors (Lipinski definition) is 2. The zero-order chi connectivity index (χ0) is 8.69. The highest BCUT2D eigenvalue weighted by molar-refractivity contribution is 7.99. The Bertz CT molecular complexity index is 128. The van der Waals surface area contributed by atoms with Crippen LogP contribution in [-0.4, -0.2) is 24.1 Å². The van der Waals surface area contributed by atoms with Gasteiger partial charge < -0.3 is 5.32 Å². The lowest BCUT2D eigenvalue weighted by atomic mass is 10.3. The van der Waals surface area contributed by atoms with E-state index in [1.807, 2.05) is 18.7 Å². The van der Waals surface area contributed by atoms with Crippen LogP contribution in [-0.2, 0) is 0 Å². The zero-order valence-corrected chi connectivity index (χ0v) is 8.37. The molecule has 0 rings (SSSR count). The molecule has 0 bridgehead atoms. The Balaban J connectivity index is 3.21. The molecule has 0 aliphatic carbocycles. The van der Waals surface area contributed by atoms with E-state index in [0.717, 1.165) is 11.8 Å². The van der Waals surface area contributed by atoms with Crippen LogP contribution in [0.4, 0.5) is 0 Å². The molecule has 0 aliphatic heterocycles. The van der Waals surface area contributed by atoms with Crippen LogP contribution < -0.4 is 5.32 Å². The molecule has 2 atom stereocenters. The lowest BCUT2D eigenvalue weighted by Gasteiger charge is -2.10. The fourth-order valence-corrected chi connectivity index (χ4v) is 1.03. The van der Waals surface area contributed by atoms with Gasteiger partial charge in [0.25, 0.3) is 0 Å². The lowest BCUT2D eigenvalue weighted by molar-refractivity contribution is 0.616. The van der Waals surface area contributed by atoms with Crippen molar-refractivity contribution in [3.63, 3.8) is 0 Å². The van der Waals surface area contributed by atoms with Gasteiger partial charge in [-0.15, -0.1) is 6.42 Å². The van der Waals surface area contributed by atoms with Crippen LogP contribution in [0.3, 0.4) is 0 Å². The minimum atomic E-state index is 0.212. The first kappa shape index (κ1) is 10.9. The molecule has 0 spiro atoms. The fraction of sp³-hybridized carbons (Fsp3) is 0.778. The molecule has 0 saturated carbocycles. The van der Waals surface area contributed by atoms with Crippen molar-refractivity contribution in [3.8, 4) is 12.3 Å². The van der Waals surface area contributed by atoms with E-state index in [0.29, 0.717) is 0 Å². The van der Waals surface area contributed by atoms with Crippen LogP contribution in [0.2, 0.25) is 0 Å². The molecule has 0 saturated heterocycles. The van der Waals surface area contributed by atoms with Crippen molar-refractivity contribution >= 4 is 11.8 Å². The molecule has 1 nitrogen and oxygen atoms in total. The van der Waals surface area contributed by atoms with Crippen molar-refractivity contribution in [2.45, 2.75) is 31.6 Å². The smallest absolute Gasteiger partial charge is 0.0658 e. The molecule has 2 heteroatoms. The normalized spacial score (nSPS) is 15.5. The Morgan fingerprint density at radius 1 is 1.55 bits per heavy atom. The summed E-state index contributed by atoms with van der Waals surface area (Å²) < 4.78 is 0. The van der Waals surface area contributed by atoms with Crippen molar-refractivity contribution in [1.82, 2.24) is 5.32 Å². The summed E-state index contributed by atoms with van der Waals surface area (Å²) in [6.07, 6.45) is 8.53. The predicted molar refractivity (Wildman–Crippen MR) is 53.9 cm³/mol. The molecule has 64 valence electrons. The Hall–Kier alpha value is -0.130. The van der Waals surface area contributed by atoms with Gasteiger partial charge in [-0.05, 0) is 26.1 Å². The second-order valence-corrected chi connectivity index (χ2v) is 3.95. The molecule has 2 unspecified atom stereocenters. The van der Waals surface area contributed by atoms with Crippen LogP contribution in [0.25, 0.3) is 0 Å². The van der Waals surface area contributed by atoms with Crippen LogP contribution in [0.1, 0.15) is 20.3 Å². The number of nitrogens with one attached hydrogen (secondary N) is 1. The van der Waals surface area contributed by atoms with Crippen molar-refractivity contribution < 1.29 is 0 Å². The third-order valence-corrected chi connectivity index (χ3v) is 2.69. The average molecular weight is 171 g/mol. The first-order valence-corrected chi connectivity index (χ1v) is 5.21. The summed E-state index contributed by atoms with van der Waals surface area (Å²) in [5.41, 5.74) is 0. The van der Waals surface area contributed by atoms with E-state index in [9.17, 15) is 0 Å². The van der Waals surface area contributed by atoms with Gasteiger partial charge in [0.05, 0.1) is 6.04 Å². The molecular weight excluding hydrogens is 154 g/mol. The summed E-state index contributed by atoms with van der Waals surface area (Å²) in [5, 5.41) is 3.98. The van der Waals surface area contributed by atoms with Gasteiger partial charge in [0.2, 0.25) is 0 Å². The number of terminal acetylenes is 1. The van der Waals surface area contributed by atoms with Gasteiger partial charge in [0, 0.05) is 5.25 Å². The monoisotopic (exact) mass is 171 g/mol. The zero-order valence-electron chi connectivity index (χ0n) is 7.55. The van der Waals surface area contributed by atoms with Crippen molar-refractivity contribution in [2.75, 3.05) is 12.8 Å². The maximum atomic E-state index is 5.20. The SMILES string of the molecule is C#CC(C)NCCC(C)SC. The fourth-order valence-electron chi connectivity index (χ4n) is 0.680. The molecule has 1 N–H and O–H groups in total. The Morgan fingerprint density at radius 3 is 2.64 bits per heavy atom. The highest BCUT2D eigenvalue weighted by Gasteiger charge is 1.99. The topological polar surface area (TPSA) is 12.0 Å². The van der Waals surface area contributed by atoms with Crippen LogP contribution in [0.15, 0.2) is 0 Å². The molecule has 0 aromatic carbocycles. The second-order valence-electron chi connectivity index (χ2n) is 2.68. The predicted octanol–water partition coefficient (Wildman–Crippen LogP) is 1.74. The van der Waals surface area contributed by atoms with Gasteiger partial charge >= 0.3 is 0 Å². The quantitative estimate of drug-likeness (QED) is 0.632. The summed E-state index contributed by atoms with van der Waals surface area (Å²) >= 11 is 1.89. The first-order valence-electron chi connectivity index (χ1n) is 3.93. The molecule has 0 amide bonds. The highest BCUT2D eigenvalue weighted by atomic mass is 32.2. The number of hydrogen-bond donors (Lipinski definition) is 1. The summed E-state index contributed by atoms with van der Waals surface area (Å²) in [7, 11) is 0. The van der Waals surface area contributed by atoms with Crippen molar-refractivity contribution in [3.05, 3.63) is 0 Å². The van der Waals surface area contributed by atoms with E-state index in [1.165, 1.54) is 6.42 Å². The number of thioether (sulfide) groups is 1. The van der Waals surface area contributed by atoms with Gasteiger partial charge in [-0.1, -0.05) is 12.8 Å². The number of rotatable bonds is 5. The average Bonchev–Trinajstić information content (AvgIpc) is 2.04. The van der Waals surface area contributed by atoms with Crippen LogP contribution in [0, 0.1) is 12.3 Å². The van der Waals surface area contributed by atoms with Crippen molar-refractivity contribution in [1.29, 1.82) is 0 Å². The maximum Gasteiger partial charge on any atom is 0.0658 e. The molecule has 0 aromatic heterocycles. The van der Waals surface area contributed by atoms with E-state index in [-0.39, 0.29) is 6.04 Å². The third-order valence-electron chi connectivity index (χ3n) is 1.65. The molecular formula is C9H17NS. The van der Waals surface area contributed by atoms with E-state index in [1.54, 1.807) is 0 Å². The minimum absolute atomic E-state index is 0.212. The Labute approximate surface area is 74.3 Å². The van der Waals surface area contributed by atoms with Crippen LogP contribution in [0.5, 0.6) is 0 Å². The maximum absolute atomic E-state index is 5.20. The second kappa shape index (κ2) is 6.57. The molecule has 0 aromatic rings. The van der Waals surface area contributed by atoms with Gasteiger partial charge in [0.15, 0.2) is 0 Å². The van der Waals surface area contributed by atoms with E-state index in [2.05, 4.69) is 24.4 Å². The Morgan fingerprint density at radius 2 is 2.18 bits per heavy atom. The molecule has 0 aliphatic rings. The molecule has 0 fully saturated rings. The Kier molecular flexibility index (Phi) is 6.49. The molecule has 0 heterocycles. The summed E-state index contributed by atoms with van der Waals surface area (Å²) in [5.74, 6) is 2.64. The first-order chi connectivity index (χ1) is 5.20. The van der Waals surface area contributed by atoms with Crippen LogP contribution >= 0.6 is 11.8 Å². The summed E-state index contributed by atoms with van der Waals surface area (Å²) in [6.45, 7) is 5.25. The van der Waals surface area contributed by atoms with Gasteiger partial charge in [0.1, 0.15) is 0 Å². The molecule has 0 radical (unpaired) electrons. The standard InChI is InChI=1S/C9H17NS/c1-5-8(2)10-7-6-9(3)11-4/h1,8-10H,6-7H2,2-4H3. The largest absolute Gasteiger partial charge is 0.304 e. The highest BCUT2D eigenvalue weighted by Crippen LogP contribution is 2.07.